The Morgan fingerprint density at radius 1 is 1.47 bits per heavy atom. The van der Waals surface area contributed by atoms with Gasteiger partial charge in [-0.25, -0.2) is 4.98 Å². The topological polar surface area (TPSA) is 47.3 Å². The summed E-state index contributed by atoms with van der Waals surface area (Å²) in [5, 5.41) is 9.56. The molecule has 1 unspecified atom stereocenters. The van der Waals surface area contributed by atoms with Gasteiger partial charge >= 0.3 is 0 Å². The Morgan fingerprint density at radius 3 is 3.05 bits per heavy atom. The SMILES string of the molecule is CC(O)c1cccc(OCc2cncn2C2CC2)c1. The number of ether oxygens (including phenoxy) is 1. The largest absolute Gasteiger partial charge is 0.487 e. The fourth-order valence-electron chi connectivity index (χ4n) is 2.15. The van der Waals surface area contributed by atoms with E-state index in [1.807, 2.05) is 36.8 Å². The maximum atomic E-state index is 9.56. The van der Waals surface area contributed by atoms with Crippen LogP contribution in [-0.2, 0) is 6.61 Å². The van der Waals surface area contributed by atoms with Gasteiger partial charge < -0.3 is 14.4 Å². The third-order valence-electron chi connectivity index (χ3n) is 3.41. The molecule has 1 aromatic carbocycles. The van der Waals surface area contributed by atoms with Crippen LogP contribution in [0.15, 0.2) is 36.8 Å². The predicted octanol–water partition coefficient (Wildman–Crippen LogP) is 2.85. The Kier molecular flexibility index (Phi) is 3.25. The van der Waals surface area contributed by atoms with Crippen molar-refractivity contribution in [1.82, 2.24) is 9.55 Å². The minimum absolute atomic E-state index is 0.472. The van der Waals surface area contributed by atoms with Crippen molar-refractivity contribution in [1.29, 1.82) is 0 Å². The first-order chi connectivity index (χ1) is 9.24. The summed E-state index contributed by atoms with van der Waals surface area (Å²) in [4.78, 5) is 4.18. The van der Waals surface area contributed by atoms with Gasteiger partial charge in [-0.2, -0.15) is 0 Å². The standard InChI is InChI=1S/C15H18N2O2/c1-11(18)12-3-2-4-15(7-12)19-9-14-8-16-10-17(14)13-5-6-13/h2-4,7-8,10-11,13,18H,5-6,9H2,1H3. The second-order valence-corrected chi connectivity index (χ2v) is 5.06. The van der Waals surface area contributed by atoms with Gasteiger partial charge in [-0.3, -0.25) is 0 Å². The molecule has 1 atom stereocenters. The number of aromatic nitrogens is 2. The number of hydrogen-bond donors (Lipinski definition) is 1. The monoisotopic (exact) mass is 258 g/mol. The second-order valence-electron chi connectivity index (χ2n) is 5.06. The Hall–Kier alpha value is -1.81. The van der Waals surface area contributed by atoms with Crippen LogP contribution in [0.4, 0.5) is 0 Å². The van der Waals surface area contributed by atoms with E-state index in [0.29, 0.717) is 12.6 Å². The highest BCUT2D eigenvalue weighted by atomic mass is 16.5. The highest BCUT2D eigenvalue weighted by molar-refractivity contribution is 5.29. The zero-order valence-electron chi connectivity index (χ0n) is 11.0. The van der Waals surface area contributed by atoms with Crippen LogP contribution in [0.1, 0.15) is 43.2 Å². The molecule has 0 bridgehead atoms. The first kappa shape index (κ1) is 12.2. The molecule has 1 heterocycles. The van der Waals surface area contributed by atoms with Crippen molar-refractivity contribution in [2.75, 3.05) is 0 Å². The third-order valence-corrected chi connectivity index (χ3v) is 3.41. The molecule has 1 aromatic heterocycles. The Morgan fingerprint density at radius 2 is 2.32 bits per heavy atom. The maximum Gasteiger partial charge on any atom is 0.130 e. The number of hydrogen-bond acceptors (Lipinski definition) is 3. The lowest BCUT2D eigenvalue weighted by atomic mass is 10.1. The molecule has 2 aromatic rings. The smallest absolute Gasteiger partial charge is 0.130 e. The van der Waals surface area contributed by atoms with Crippen LogP contribution in [0.3, 0.4) is 0 Å². The Balaban J connectivity index is 1.68. The molecule has 3 rings (SSSR count). The Bertz CT molecular complexity index is 559. The summed E-state index contributed by atoms with van der Waals surface area (Å²) in [6.07, 6.45) is 5.74. The summed E-state index contributed by atoms with van der Waals surface area (Å²) in [5.74, 6) is 0.780. The Labute approximate surface area is 112 Å². The highest BCUT2D eigenvalue weighted by Gasteiger charge is 2.25. The van der Waals surface area contributed by atoms with E-state index in [9.17, 15) is 5.11 Å². The number of aliphatic hydroxyl groups excluding tert-OH is 1. The first-order valence-corrected chi connectivity index (χ1v) is 6.65. The molecule has 1 aliphatic rings. The summed E-state index contributed by atoms with van der Waals surface area (Å²) >= 11 is 0. The molecule has 1 aliphatic carbocycles. The average molecular weight is 258 g/mol. The lowest BCUT2D eigenvalue weighted by Crippen LogP contribution is -2.04. The first-order valence-electron chi connectivity index (χ1n) is 6.65. The summed E-state index contributed by atoms with van der Waals surface area (Å²) in [7, 11) is 0. The van der Waals surface area contributed by atoms with E-state index in [-0.39, 0.29) is 0 Å². The van der Waals surface area contributed by atoms with Crippen LogP contribution in [-0.4, -0.2) is 14.7 Å². The van der Waals surface area contributed by atoms with Gasteiger partial charge in [0.2, 0.25) is 0 Å². The molecule has 1 N–H and O–H groups in total. The van der Waals surface area contributed by atoms with E-state index in [4.69, 9.17) is 4.74 Å². The van der Waals surface area contributed by atoms with Crippen LogP contribution < -0.4 is 4.74 Å². The van der Waals surface area contributed by atoms with E-state index in [2.05, 4.69) is 9.55 Å². The van der Waals surface area contributed by atoms with E-state index >= 15 is 0 Å². The van der Waals surface area contributed by atoms with Crippen molar-refractivity contribution in [3.05, 3.63) is 48.0 Å². The van der Waals surface area contributed by atoms with Crippen molar-refractivity contribution >= 4 is 0 Å². The van der Waals surface area contributed by atoms with Gasteiger partial charge in [-0.1, -0.05) is 12.1 Å². The summed E-state index contributed by atoms with van der Waals surface area (Å²) in [5.41, 5.74) is 1.97. The lowest BCUT2D eigenvalue weighted by molar-refractivity contribution is 0.198. The molecule has 19 heavy (non-hydrogen) atoms. The van der Waals surface area contributed by atoms with Crippen LogP contribution in [0.5, 0.6) is 5.75 Å². The third kappa shape index (κ3) is 2.79. The molecule has 0 radical (unpaired) electrons. The second kappa shape index (κ2) is 5.05. The highest BCUT2D eigenvalue weighted by Crippen LogP contribution is 2.35. The van der Waals surface area contributed by atoms with E-state index < -0.39 is 6.10 Å². The summed E-state index contributed by atoms with van der Waals surface area (Å²) < 4.78 is 7.98. The fourth-order valence-corrected chi connectivity index (χ4v) is 2.15. The molecular formula is C15H18N2O2. The minimum Gasteiger partial charge on any atom is -0.487 e. The van der Waals surface area contributed by atoms with Crippen LogP contribution in [0.25, 0.3) is 0 Å². The normalized spacial score (nSPS) is 16.3. The van der Waals surface area contributed by atoms with E-state index in [0.717, 1.165) is 17.0 Å². The zero-order chi connectivity index (χ0) is 13.2. The van der Waals surface area contributed by atoms with Crippen molar-refractivity contribution in [3.63, 3.8) is 0 Å². The molecule has 4 heteroatoms. The van der Waals surface area contributed by atoms with Gasteiger partial charge in [0.05, 0.1) is 24.3 Å². The quantitative estimate of drug-likeness (QED) is 0.897. The molecule has 0 amide bonds. The van der Waals surface area contributed by atoms with Crippen LogP contribution >= 0.6 is 0 Å². The number of imidazole rings is 1. The summed E-state index contributed by atoms with van der Waals surface area (Å²) in [6, 6.07) is 8.19. The molecule has 100 valence electrons. The van der Waals surface area contributed by atoms with Crippen molar-refractivity contribution in [2.45, 2.75) is 38.5 Å². The summed E-state index contributed by atoms with van der Waals surface area (Å²) in [6.45, 7) is 2.26. The number of aliphatic hydroxyl groups is 1. The van der Waals surface area contributed by atoms with Crippen molar-refractivity contribution < 1.29 is 9.84 Å². The molecule has 1 saturated carbocycles. The molecule has 0 spiro atoms. The van der Waals surface area contributed by atoms with Crippen LogP contribution in [0.2, 0.25) is 0 Å². The lowest BCUT2D eigenvalue weighted by Gasteiger charge is -2.11. The van der Waals surface area contributed by atoms with Crippen molar-refractivity contribution in [3.8, 4) is 5.75 Å². The molecule has 4 nitrogen and oxygen atoms in total. The van der Waals surface area contributed by atoms with Gasteiger partial charge in [-0.05, 0) is 37.5 Å². The number of benzene rings is 1. The fraction of sp³-hybridized carbons (Fsp3) is 0.400. The predicted molar refractivity (Wildman–Crippen MR) is 71.9 cm³/mol. The van der Waals surface area contributed by atoms with E-state index in [1.165, 1.54) is 12.8 Å². The van der Waals surface area contributed by atoms with Gasteiger partial charge in [-0.15, -0.1) is 0 Å². The number of nitrogens with zero attached hydrogens (tertiary/aromatic N) is 2. The van der Waals surface area contributed by atoms with Gasteiger partial charge in [0.25, 0.3) is 0 Å². The minimum atomic E-state index is -0.472. The van der Waals surface area contributed by atoms with E-state index in [1.54, 1.807) is 6.92 Å². The molecule has 1 fully saturated rings. The number of rotatable bonds is 5. The molecular weight excluding hydrogens is 240 g/mol. The molecule has 0 aliphatic heterocycles. The van der Waals surface area contributed by atoms with Gasteiger partial charge in [0.1, 0.15) is 12.4 Å². The van der Waals surface area contributed by atoms with Gasteiger partial charge in [0, 0.05) is 6.04 Å². The molecule has 0 saturated heterocycles. The maximum absolute atomic E-state index is 9.56. The van der Waals surface area contributed by atoms with Crippen molar-refractivity contribution in [2.24, 2.45) is 0 Å². The van der Waals surface area contributed by atoms with Gasteiger partial charge in [0.15, 0.2) is 0 Å². The average Bonchev–Trinajstić information content (AvgIpc) is 3.16. The van der Waals surface area contributed by atoms with Crippen LogP contribution in [0, 0.1) is 0 Å². The zero-order valence-corrected chi connectivity index (χ0v) is 11.0.